The number of rotatable bonds is 8. The summed E-state index contributed by atoms with van der Waals surface area (Å²) in [5, 5.41) is 3.12. The highest BCUT2D eigenvalue weighted by atomic mass is 19.3. The quantitative estimate of drug-likeness (QED) is 0.640. The van der Waals surface area contributed by atoms with Gasteiger partial charge in [-0.25, -0.2) is 18.7 Å². The third kappa shape index (κ3) is 5.29. The van der Waals surface area contributed by atoms with Gasteiger partial charge in [-0.3, -0.25) is 4.79 Å². The summed E-state index contributed by atoms with van der Waals surface area (Å²) in [5.74, 6) is 0.633. The minimum atomic E-state index is -2.63. The lowest BCUT2D eigenvalue weighted by Gasteiger charge is -2.34. The Morgan fingerprint density at radius 2 is 1.87 bits per heavy atom. The summed E-state index contributed by atoms with van der Waals surface area (Å²) in [5.41, 5.74) is 1.01. The van der Waals surface area contributed by atoms with Gasteiger partial charge in [0.05, 0.1) is 25.3 Å². The number of carbonyl (C=O) groups is 1. The third-order valence-electron chi connectivity index (χ3n) is 6.14. The van der Waals surface area contributed by atoms with E-state index in [0.717, 1.165) is 32.1 Å². The summed E-state index contributed by atoms with van der Waals surface area (Å²) in [6.07, 6.45) is 4.50. The number of hydrogen-bond acceptors (Lipinski definition) is 5. The van der Waals surface area contributed by atoms with E-state index in [9.17, 15) is 13.6 Å². The van der Waals surface area contributed by atoms with Gasteiger partial charge in [0, 0.05) is 24.5 Å². The Morgan fingerprint density at radius 3 is 2.42 bits per heavy atom. The fourth-order valence-electron chi connectivity index (χ4n) is 4.48. The van der Waals surface area contributed by atoms with E-state index >= 15 is 0 Å². The van der Waals surface area contributed by atoms with Crippen LogP contribution in [0.15, 0.2) is 30.6 Å². The largest absolute Gasteiger partial charge is 0.481 e. The second kappa shape index (κ2) is 10.5. The van der Waals surface area contributed by atoms with E-state index in [2.05, 4.69) is 15.3 Å². The van der Waals surface area contributed by atoms with Gasteiger partial charge in [-0.05, 0) is 61.6 Å². The zero-order chi connectivity index (χ0) is 22.4. The molecule has 31 heavy (non-hydrogen) atoms. The average molecular weight is 433 g/mol. The molecule has 6 nitrogen and oxygen atoms in total. The van der Waals surface area contributed by atoms with Crippen molar-refractivity contribution in [3.05, 3.63) is 47.3 Å². The number of aromatic nitrogens is 2. The van der Waals surface area contributed by atoms with E-state index in [1.54, 1.807) is 18.2 Å². The molecule has 0 aromatic carbocycles. The van der Waals surface area contributed by atoms with E-state index in [0.29, 0.717) is 22.9 Å². The molecule has 2 aromatic rings. The van der Waals surface area contributed by atoms with Crippen LogP contribution in [0.5, 0.6) is 11.8 Å². The molecule has 1 N–H and O–H groups in total. The molecule has 2 aromatic heterocycles. The van der Waals surface area contributed by atoms with Crippen LogP contribution in [-0.2, 0) is 0 Å². The average Bonchev–Trinajstić information content (AvgIpc) is 2.81. The van der Waals surface area contributed by atoms with E-state index in [4.69, 9.17) is 9.47 Å². The molecule has 0 spiro atoms. The number of nitrogens with one attached hydrogen (secondary N) is 1. The van der Waals surface area contributed by atoms with Crippen molar-refractivity contribution in [3.63, 3.8) is 0 Å². The molecule has 168 valence electrons. The van der Waals surface area contributed by atoms with Crippen LogP contribution in [0.2, 0.25) is 0 Å². The smallest absolute Gasteiger partial charge is 0.269 e. The predicted molar refractivity (Wildman–Crippen MR) is 113 cm³/mol. The number of ether oxygens (including phenoxy) is 2. The molecule has 8 heteroatoms. The Labute approximate surface area is 181 Å². The minimum absolute atomic E-state index is 0.00132. The molecule has 3 rings (SSSR count). The Morgan fingerprint density at radius 1 is 1.13 bits per heavy atom. The number of methoxy groups -OCH3 is 2. The Hall–Kier alpha value is -2.77. The Kier molecular flexibility index (Phi) is 7.76. The first-order valence-corrected chi connectivity index (χ1v) is 10.6. The monoisotopic (exact) mass is 433 g/mol. The Balaban J connectivity index is 1.64. The number of hydrogen-bond donors (Lipinski definition) is 1. The highest BCUT2D eigenvalue weighted by Crippen LogP contribution is 2.42. The van der Waals surface area contributed by atoms with Crippen LogP contribution in [0.25, 0.3) is 0 Å². The summed E-state index contributed by atoms with van der Waals surface area (Å²) >= 11 is 0. The van der Waals surface area contributed by atoms with E-state index in [1.165, 1.54) is 26.6 Å². The highest BCUT2D eigenvalue weighted by molar-refractivity contribution is 5.94. The Bertz CT molecular complexity index is 869. The molecular formula is C23H29F2N3O3. The van der Waals surface area contributed by atoms with Crippen molar-refractivity contribution in [2.24, 2.45) is 5.92 Å². The van der Waals surface area contributed by atoms with Gasteiger partial charge in [-0.15, -0.1) is 0 Å². The van der Waals surface area contributed by atoms with Crippen LogP contribution in [0.3, 0.4) is 0 Å². The van der Waals surface area contributed by atoms with Gasteiger partial charge < -0.3 is 14.8 Å². The summed E-state index contributed by atoms with van der Waals surface area (Å²) in [4.78, 5) is 20.7. The normalized spacial score (nSPS) is 19.7. The van der Waals surface area contributed by atoms with Crippen molar-refractivity contribution in [3.8, 4) is 11.8 Å². The fraction of sp³-hybridized carbons (Fsp3) is 0.522. The van der Waals surface area contributed by atoms with Crippen LogP contribution < -0.4 is 14.8 Å². The highest BCUT2D eigenvalue weighted by Gasteiger charge is 2.32. The van der Waals surface area contributed by atoms with Crippen molar-refractivity contribution in [2.45, 2.75) is 57.4 Å². The maximum absolute atomic E-state index is 13.7. The van der Waals surface area contributed by atoms with E-state index < -0.39 is 6.43 Å². The number of amides is 1. The van der Waals surface area contributed by atoms with Crippen LogP contribution in [0.4, 0.5) is 8.78 Å². The molecule has 0 aliphatic heterocycles. The lowest BCUT2D eigenvalue weighted by Crippen LogP contribution is -2.41. The van der Waals surface area contributed by atoms with Crippen molar-refractivity contribution in [2.75, 3.05) is 14.2 Å². The maximum atomic E-state index is 13.7. The molecular weight excluding hydrogens is 404 g/mol. The van der Waals surface area contributed by atoms with Crippen molar-refractivity contribution in [1.82, 2.24) is 15.3 Å². The van der Waals surface area contributed by atoms with Gasteiger partial charge in [0.2, 0.25) is 11.8 Å². The zero-order valence-corrected chi connectivity index (χ0v) is 18.1. The lowest BCUT2D eigenvalue weighted by atomic mass is 9.74. The molecule has 1 atom stereocenters. The molecule has 1 amide bonds. The molecule has 0 bridgehead atoms. The first kappa shape index (κ1) is 22.9. The van der Waals surface area contributed by atoms with Crippen LogP contribution >= 0.6 is 0 Å². The van der Waals surface area contributed by atoms with Crippen molar-refractivity contribution >= 4 is 5.91 Å². The third-order valence-corrected chi connectivity index (χ3v) is 6.14. The number of alkyl halides is 2. The van der Waals surface area contributed by atoms with Crippen LogP contribution in [0, 0.1) is 5.92 Å². The number of nitrogens with zero attached hydrogens (tertiary/aromatic N) is 2. The topological polar surface area (TPSA) is 73.3 Å². The van der Waals surface area contributed by atoms with Crippen LogP contribution in [0.1, 0.15) is 72.9 Å². The summed E-state index contributed by atoms with van der Waals surface area (Å²) in [6, 6.07) is 5.06. The number of carbonyl (C=O) groups excluding carboxylic acids is 1. The van der Waals surface area contributed by atoms with Gasteiger partial charge >= 0.3 is 0 Å². The molecule has 0 saturated heterocycles. The maximum Gasteiger partial charge on any atom is 0.269 e. The molecule has 1 saturated carbocycles. The minimum Gasteiger partial charge on any atom is -0.481 e. The molecule has 1 aliphatic rings. The first-order valence-electron chi connectivity index (χ1n) is 10.6. The van der Waals surface area contributed by atoms with Gasteiger partial charge in [-0.1, -0.05) is 6.92 Å². The molecule has 0 unspecified atom stereocenters. The van der Waals surface area contributed by atoms with Gasteiger partial charge in [-0.2, -0.15) is 0 Å². The molecule has 0 radical (unpaired) electrons. The second-order valence-corrected chi connectivity index (χ2v) is 7.81. The van der Waals surface area contributed by atoms with E-state index in [-0.39, 0.29) is 29.3 Å². The second-order valence-electron chi connectivity index (χ2n) is 7.81. The summed E-state index contributed by atoms with van der Waals surface area (Å²) in [6.45, 7) is 2.05. The summed E-state index contributed by atoms with van der Waals surface area (Å²) < 4.78 is 37.4. The van der Waals surface area contributed by atoms with Gasteiger partial charge in [0.25, 0.3) is 12.3 Å². The number of halogens is 2. The molecule has 1 fully saturated rings. The van der Waals surface area contributed by atoms with Crippen molar-refractivity contribution in [1.29, 1.82) is 0 Å². The lowest BCUT2D eigenvalue weighted by molar-refractivity contribution is 0.0908. The number of pyridine rings is 2. The first-order chi connectivity index (χ1) is 15.0. The van der Waals surface area contributed by atoms with Crippen LogP contribution in [-0.4, -0.2) is 36.1 Å². The van der Waals surface area contributed by atoms with E-state index in [1.807, 2.05) is 6.92 Å². The van der Waals surface area contributed by atoms with Gasteiger partial charge in [0.1, 0.15) is 0 Å². The fourth-order valence-corrected chi connectivity index (χ4v) is 4.48. The molecule has 1 aliphatic carbocycles. The standard InChI is InChI=1S/C23H29F2N3O3/c1-4-18(28-22(29)16-9-10-19(30-2)27-13-16)15-7-5-14(6-8-15)17-11-12-26-23(31-3)20(17)21(24)25/h9-15,18,21H,4-8H2,1-3H3,(H,28,29)/t14?,15?,18-/m1/s1. The van der Waals surface area contributed by atoms with Gasteiger partial charge in [0.15, 0.2) is 0 Å². The SMILES string of the molecule is CC[C@@H](NC(=O)c1ccc(OC)nc1)C1CCC(c2ccnc(OC)c2C(F)F)CC1. The van der Waals surface area contributed by atoms with Crippen molar-refractivity contribution < 1.29 is 23.0 Å². The zero-order valence-electron chi connectivity index (χ0n) is 18.1. The predicted octanol–water partition coefficient (Wildman–Crippen LogP) is 4.91. The summed E-state index contributed by atoms with van der Waals surface area (Å²) in [7, 11) is 2.89. The molecule has 2 heterocycles.